The number of hydrogen-bond acceptors (Lipinski definition) is 3. The van der Waals surface area contributed by atoms with E-state index in [0.717, 1.165) is 6.42 Å². The second-order valence-corrected chi connectivity index (χ2v) is 3.26. The molecule has 0 aromatic rings. The average molecular weight is 187 g/mol. The minimum atomic E-state index is -0.990. The lowest BCUT2D eigenvalue weighted by Gasteiger charge is -2.32. The quantitative estimate of drug-likeness (QED) is 0.678. The molecule has 0 spiro atoms. The fourth-order valence-corrected chi connectivity index (χ4v) is 1.52. The molecule has 1 aliphatic rings. The first kappa shape index (κ1) is 10.3. The van der Waals surface area contributed by atoms with E-state index >= 15 is 0 Å². The molecule has 0 bridgehead atoms. The van der Waals surface area contributed by atoms with Gasteiger partial charge in [0.2, 0.25) is 5.54 Å². The van der Waals surface area contributed by atoms with Gasteiger partial charge in [-0.2, -0.15) is 10.5 Å². The highest BCUT2D eigenvalue weighted by Gasteiger charge is 2.34. The van der Waals surface area contributed by atoms with Gasteiger partial charge < -0.3 is 4.90 Å². The van der Waals surface area contributed by atoms with E-state index in [1.54, 1.807) is 4.90 Å². The molecule has 1 aliphatic heterocycles. The number of allylic oxidation sites excluding steroid dienone is 2. The van der Waals surface area contributed by atoms with Crippen molar-refractivity contribution in [1.82, 2.24) is 4.90 Å². The second-order valence-electron chi connectivity index (χ2n) is 3.26. The van der Waals surface area contributed by atoms with Crippen LogP contribution in [0, 0.1) is 22.7 Å². The largest absolute Gasteiger partial charge is 0.344 e. The van der Waals surface area contributed by atoms with Crippen molar-refractivity contribution in [2.75, 3.05) is 6.54 Å². The molecule has 0 aromatic heterocycles. The molecule has 0 aromatic carbocycles. The minimum absolute atomic E-state index is 0.582. The van der Waals surface area contributed by atoms with Crippen LogP contribution in [0.1, 0.15) is 19.8 Å². The Hall–Kier alpha value is -1.74. The van der Waals surface area contributed by atoms with Gasteiger partial charge in [0.25, 0.3) is 0 Å². The summed E-state index contributed by atoms with van der Waals surface area (Å²) < 4.78 is 0. The summed E-state index contributed by atoms with van der Waals surface area (Å²) in [6.45, 7) is 2.62. The third-order valence-electron chi connectivity index (χ3n) is 2.29. The molecule has 0 N–H and O–H groups in total. The molecule has 0 saturated heterocycles. The van der Waals surface area contributed by atoms with Crippen LogP contribution in [0.2, 0.25) is 0 Å². The first-order valence-corrected chi connectivity index (χ1v) is 4.71. The summed E-state index contributed by atoms with van der Waals surface area (Å²) in [6, 6.07) is 4.23. The molecule has 14 heavy (non-hydrogen) atoms. The maximum atomic E-state index is 9.09. The Morgan fingerprint density at radius 3 is 2.50 bits per heavy atom. The maximum absolute atomic E-state index is 9.09. The monoisotopic (exact) mass is 187 g/mol. The van der Waals surface area contributed by atoms with Crippen LogP contribution in [0.15, 0.2) is 24.4 Å². The van der Waals surface area contributed by atoms with Gasteiger partial charge in [-0.25, -0.2) is 0 Å². The molecule has 1 heterocycles. The van der Waals surface area contributed by atoms with E-state index < -0.39 is 5.54 Å². The highest BCUT2D eigenvalue weighted by molar-refractivity contribution is 5.27. The van der Waals surface area contributed by atoms with Gasteiger partial charge in [-0.1, -0.05) is 25.5 Å². The van der Waals surface area contributed by atoms with E-state index in [1.807, 2.05) is 31.4 Å². The molecular weight excluding hydrogens is 174 g/mol. The molecule has 3 heteroatoms. The summed E-state index contributed by atoms with van der Waals surface area (Å²) in [5, 5.41) is 18.2. The van der Waals surface area contributed by atoms with Crippen molar-refractivity contribution in [3.63, 3.8) is 0 Å². The van der Waals surface area contributed by atoms with Crippen molar-refractivity contribution in [2.45, 2.75) is 25.3 Å². The van der Waals surface area contributed by atoms with E-state index in [-0.39, 0.29) is 0 Å². The molecule has 0 aliphatic carbocycles. The van der Waals surface area contributed by atoms with E-state index in [0.29, 0.717) is 13.0 Å². The van der Waals surface area contributed by atoms with Crippen LogP contribution < -0.4 is 0 Å². The molecule has 0 saturated carbocycles. The summed E-state index contributed by atoms with van der Waals surface area (Å²) in [5.41, 5.74) is -0.990. The minimum Gasteiger partial charge on any atom is -0.344 e. The van der Waals surface area contributed by atoms with Gasteiger partial charge in [0, 0.05) is 12.7 Å². The summed E-state index contributed by atoms with van der Waals surface area (Å²) in [7, 11) is 0. The topological polar surface area (TPSA) is 50.8 Å². The molecule has 0 fully saturated rings. The first-order valence-electron chi connectivity index (χ1n) is 4.71. The second kappa shape index (κ2) is 4.48. The van der Waals surface area contributed by atoms with Crippen molar-refractivity contribution in [2.24, 2.45) is 0 Å². The zero-order valence-corrected chi connectivity index (χ0v) is 8.27. The predicted molar refractivity (Wildman–Crippen MR) is 53.9 cm³/mol. The van der Waals surface area contributed by atoms with Crippen LogP contribution in [0.5, 0.6) is 0 Å². The predicted octanol–water partition coefficient (Wildman–Crippen LogP) is 1.96. The van der Waals surface area contributed by atoms with Gasteiger partial charge in [-0.3, -0.25) is 0 Å². The Labute approximate surface area is 84.5 Å². The lowest BCUT2D eigenvalue weighted by Crippen LogP contribution is -2.43. The lowest BCUT2D eigenvalue weighted by molar-refractivity contribution is 0.267. The number of nitriles is 2. The summed E-state index contributed by atoms with van der Waals surface area (Å²) in [4.78, 5) is 1.79. The van der Waals surface area contributed by atoms with Gasteiger partial charge in [0.05, 0.1) is 0 Å². The number of rotatable bonds is 3. The smallest absolute Gasteiger partial charge is 0.214 e. The molecule has 0 unspecified atom stereocenters. The van der Waals surface area contributed by atoms with Crippen LogP contribution in [-0.4, -0.2) is 17.0 Å². The van der Waals surface area contributed by atoms with Gasteiger partial charge in [-0.15, -0.1) is 0 Å². The van der Waals surface area contributed by atoms with Gasteiger partial charge in [0.15, 0.2) is 0 Å². The van der Waals surface area contributed by atoms with Gasteiger partial charge in [0.1, 0.15) is 12.1 Å². The van der Waals surface area contributed by atoms with Gasteiger partial charge >= 0.3 is 0 Å². The number of hydrogen-bond donors (Lipinski definition) is 0. The van der Waals surface area contributed by atoms with Crippen molar-refractivity contribution in [1.29, 1.82) is 10.5 Å². The van der Waals surface area contributed by atoms with Crippen LogP contribution >= 0.6 is 0 Å². The van der Waals surface area contributed by atoms with Crippen LogP contribution in [-0.2, 0) is 0 Å². The van der Waals surface area contributed by atoms with Gasteiger partial charge in [-0.05, 0) is 12.5 Å². The average Bonchev–Trinajstić information content (AvgIpc) is 2.27. The standard InChI is InChI=1S/C11H13N3/c1-2-6-11(9-12,10-13)14-7-4-3-5-8-14/h3-5,7H,2,6,8H2,1H3. The molecule has 72 valence electrons. The van der Waals surface area contributed by atoms with E-state index in [9.17, 15) is 0 Å². The van der Waals surface area contributed by atoms with Crippen molar-refractivity contribution in [3.8, 4) is 12.1 Å². The van der Waals surface area contributed by atoms with Crippen LogP contribution in [0.4, 0.5) is 0 Å². The van der Waals surface area contributed by atoms with Crippen molar-refractivity contribution in [3.05, 3.63) is 24.4 Å². The highest BCUT2D eigenvalue weighted by atomic mass is 15.2. The zero-order valence-electron chi connectivity index (χ0n) is 8.27. The van der Waals surface area contributed by atoms with E-state index in [4.69, 9.17) is 10.5 Å². The molecule has 0 amide bonds. The Morgan fingerprint density at radius 2 is 2.07 bits per heavy atom. The first-order chi connectivity index (χ1) is 6.79. The SMILES string of the molecule is CCCC(C#N)(C#N)N1C=CC=CC1. The summed E-state index contributed by atoms with van der Waals surface area (Å²) >= 11 is 0. The Morgan fingerprint density at radius 1 is 1.36 bits per heavy atom. The summed E-state index contributed by atoms with van der Waals surface area (Å²) in [5.74, 6) is 0. The highest BCUT2D eigenvalue weighted by Crippen LogP contribution is 2.22. The molecule has 1 rings (SSSR count). The van der Waals surface area contributed by atoms with Crippen LogP contribution in [0.3, 0.4) is 0 Å². The third kappa shape index (κ3) is 1.78. The Balaban J connectivity index is 2.89. The molecule has 3 nitrogen and oxygen atoms in total. The summed E-state index contributed by atoms with van der Waals surface area (Å²) in [6.07, 6.45) is 8.93. The normalized spacial score (nSPS) is 14.9. The fourth-order valence-electron chi connectivity index (χ4n) is 1.52. The molecular formula is C11H13N3. The van der Waals surface area contributed by atoms with E-state index in [1.165, 1.54) is 0 Å². The Kier molecular flexibility index (Phi) is 3.31. The zero-order chi connectivity index (χ0) is 10.4. The van der Waals surface area contributed by atoms with Crippen molar-refractivity contribution >= 4 is 0 Å². The van der Waals surface area contributed by atoms with Crippen LogP contribution in [0.25, 0.3) is 0 Å². The Bertz CT molecular complexity index is 313. The van der Waals surface area contributed by atoms with E-state index in [2.05, 4.69) is 12.1 Å². The third-order valence-corrected chi connectivity index (χ3v) is 2.29. The number of nitrogens with zero attached hydrogens (tertiary/aromatic N) is 3. The fraction of sp³-hybridized carbons (Fsp3) is 0.455. The molecule has 0 atom stereocenters. The van der Waals surface area contributed by atoms with Crippen molar-refractivity contribution < 1.29 is 0 Å². The molecule has 0 radical (unpaired) electrons. The lowest BCUT2D eigenvalue weighted by atomic mass is 9.94. The maximum Gasteiger partial charge on any atom is 0.214 e.